The molecule has 1 unspecified atom stereocenters. The highest BCUT2D eigenvalue weighted by Crippen LogP contribution is 2.13. The summed E-state index contributed by atoms with van der Waals surface area (Å²) in [5, 5.41) is 0.363. The van der Waals surface area contributed by atoms with Gasteiger partial charge in [-0.3, -0.25) is 4.98 Å². The molecule has 1 aromatic heterocycles. The van der Waals surface area contributed by atoms with Crippen LogP contribution in [0.4, 0.5) is 0 Å². The molecule has 1 aromatic rings. The largest absolute Gasteiger partial charge is 0.265 e. The molecule has 0 aromatic carbocycles. The quantitative estimate of drug-likeness (QED) is 0.652. The third kappa shape index (κ3) is 4.61. The van der Waals surface area contributed by atoms with Crippen molar-refractivity contribution in [1.82, 2.24) is 4.98 Å². The van der Waals surface area contributed by atoms with E-state index in [-0.39, 0.29) is 0 Å². The minimum Gasteiger partial charge on any atom is -0.265 e. The van der Waals surface area contributed by atoms with Crippen molar-refractivity contribution in [3.63, 3.8) is 0 Å². The van der Waals surface area contributed by atoms with Crippen LogP contribution < -0.4 is 0 Å². The summed E-state index contributed by atoms with van der Waals surface area (Å²) < 4.78 is 0. The summed E-state index contributed by atoms with van der Waals surface area (Å²) in [5.41, 5.74) is 1.36. The summed E-state index contributed by atoms with van der Waals surface area (Å²) in [5.74, 6) is 0. The lowest BCUT2D eigenvalue weighted by Gasteiger charge is -2.07. The van der Waals surface area contributed by atoms with Crippen LogP contribution in [-0.2, 0) is 6.42 Å². The monoisotopic (exact) mass is 211 g/mol. The van der Waals surface area contributed by atoms with Gasteiger partial charge in [-0.2, -0.15) is 0 Å². The van der Waals surface area contributed by atoms with Gasteiger partial charge in [-0.1, -0.05) is 13.3 Å². The Hall–Kier alpha value is -0.560. The summed E-state index contributed by atoms with van der Waals surface area (Å²) in [6, 6.07) is 4.14. The molecule has 0 saturated heterocycles. The second-order valence-corrected chi connectivity index (χ2v) is 4.25. The van der Waals surface area contributed by atoms with Crippen molar-refractivity contribution >= 4 is 11.6 Å². The molecule has 2 heteroatoms. The van der Waals surface area contributed by atoms with Crippen LogP contribution >= 0.6 is 11.6 Å². The molecule has 0 aliphatic heterocycles. The molecule has 1 rings (SSSR count). The first kappa shape index (κ1) is 11.5. The molecule has 0 N–H and O–H groups in total. The maximum atomic E-state index is 6.13. The van der Waals surface area contributed by atoms with Crippen LogP contribution in [0.2, 0.25) is 0 Å². The number of aromatic nitrogens is 1. The minimum atomic E-state index is 0.363. The van der Waals surface area contributed by atoms with Crippen LogP contribution in [-0.4, -0.2) is 10.4 Å². The summed E-state index contributed by atoms with van der Waals surface area (Å²) in [7, 11) is 0. The van der Waals surface area contributed by atoms with Gasteiger partial charge < -0.3 is 0 Å². The Kier molecular flexibility index (Phi) is 5.62. The molecule has 14 heavy (non-hydrogen) atoms. The lowest BCUT2D eigenvalue weighted by atomic mass is 10.1. The summed E-state index contributed by atoms with van der Waals surface area (Å²) in [6.07, 6.45) is 9.44. The average molecular weight is 212 g/mol. The number of hydrogen-bond donors (Lipinski definition) is 0. The van der Waals surface area contributed by atoms with Gasteiger partial charge in [0.25, 0.3) is 0 Å². The van der Waals surface area contributed by atoms with Crippen LogP contribution in [0.1, 0.15) is 38.2 Å². The summed E-state index contributed by atoms with van der Waals surface area (Å²) in [4.78, 5) is 3.99. The number of nitrogens with zero attached hydrogens (tertiary/aromatic N) is 1. The van der Waals surface area contributed by atoms with Gasteiger partial charge in [-0.15, -0.1) is 11.6 Å². The van der Waals surface area contributed by atoms with Crippen molar-refractivity contribution in [2.75, 3.05) is 0 Å². The number of halogens is 1. The maximum Gasteiger partial charge on any atom is 0.0336 e. The third-order valence-electron chi connectivity index (χ3n) is 2.33. The summed E-state index contributed by atoms with van der Waals surface area (Å²) >= 11 is 6.13. The molecule has 78 valence electrons. The first-order chi connectivity index (χ1) is 6.83. The van der Waals surface area contributed by atoms with Crippen LogP contribution in [0.25, 0.3) is 0 Å². The topological polar surface area (TPSA) is 12.9 Å². The molecule has 0 spiro atoms. The van der Waals surface area contributed by atoms with Crippen LogP contribution in [0.15, 0.2) is 24.5 Å². The first-order valence-corrected chi connectivity index (χ1v) is 5.79. The van der Waals surface area contributed by atoms with E-state index in [4.69, 9.17) is 11.6 Å². The van der Waals surface area contributed by atoms with Gasteiger partial charge in [0.1, 0.15) is 0 Å². The van der Waals surface area contributed by atoms with E-state index in [0.717, 1.165) is 19.3 Å². The van der Waals surface area contributed by atoms with E-state index in [0.29, 0.717) is 5.38 Å². The van der Waals surface area contributed by atoms with E-state index in [9.17, 15) is 0 Å². The first-order valence-electron chi connectivity index (χ1n) is 5.36. The van der Waals surface area contributed by atoms with Gasteiger partial charge in [0.05, 0.1) is 0 Å². The molecule has 1 atom stereocenters. The SMILES string of the molecule is CCCC(Cl)CCCc1ccncc1. The predicted octanol–water partition coefficient (Wildman–Crippen LogP) is 3.81. The highest BCUT2D eigenvalue weighted by atomic mass is 35.5. The number of aryl methyl sites for hydroxylation is 1. The zero-order valence-electron chi connectivity index (χ0n) is 8.75. The highest BCUT2D eigenvalue weighted by Gasteiger charge is 2.02. The van der Waals surface area contributed by atoms with Crippen LogP contribution in [0, 0.1) is 0 Å². The fraction of sp³-hybridized carbons (Fsp3) is 0.583. The van der Waals surface area contributed by atoms with Crippen molar-refractivity contribution in [3.05, 3.63) is 30.1 Å². The number of rotatable bonds is 6. The van der Waals surface area contributed by atoms with Gasteiger partial charge in [0.2, 0.25) is 0 Å². The molecule has 0 aliphatic rings. The van der Waals surface area contributed by atoms with E-state index in [1.165, 1.54) is 18.4 Å². The Labute approximate surface area is 91.5 Å². The Bertz CT molecular complexity index is 235. The van der Waals surface area contributed by atoms with Crippen molar-refractivity contribution in [1.29, 1.82) is 0 Å². The summed E-state index contributed by atoms with van der Waals surface area (Å²) in [6.45, 7) is 2.18. The van der Waals surface area contributed by atoms with E-state index in [1.807, 2.05) is 12.4 Å². The van der Waals surface area contributed by atoms with Gasteiger partial charge in [-0.05, 0) is 43.4 Å². The molecule has 0 saturated carbocycles. The fourth-order valence-corrected chi connectivity index (χ4v) is 1.91. The lowest BCUT2D eigenvalue weighted by molar-refractivity contribution is 0.640. The minimum absolute atomic E-state index is 0.363. The average Bonchev–Trinajstić information content (AvgIpc) is 2.20. The molecule has 0 amide bonds. The standard InChI is InChI=1S/C12H18ClN/c1-2-4-12(13)6-3-5-11-7-9-14-10-8-11/h7-10,12H,2-6H2,1H3. The Morgan fingerprint density at radius 2 is 2.00 bits per heavy atom. The fourth-order valence-electron chi connectivity index (χ4n) is 1.53. The number of hydrogen-bond acceptors (Lipinski definition) is 1. The van der Waals surface area contributed by atoms with Gasteiger partial charge >= 0.3 is 0 Å². The molecule has 1 nitrogen and oxygen atoms in total. The maximum absolute atomic E-state index is 6.13. The Morgan fingerprint density at radius 1 is 1.29 bits per heavy atom. The van der Waals surface area contributed by atoms with E-state index in [2.05, 4.69) is 24.0 Å². The van der Waals surface area contributed by atoms with Crippen molar-refractivity contribution < 1.29 is 0 Å². The van der Waals surface area contributed by atoms with Crippen molar-refractivity contribution in [3.8, 4) is 0 Å². The predicted molar refractivity (Wildman–Crippen MR) is 61.7 cm³/mol. The molecule has 0 radical (unpaired) electrons. The smallest absolute Gasteiger partial charge is 0.0336 e. The van der Waals surface area contributed by atoms with Crippen LogP contribution in [0.5, 0.6) is 0 Å². The zero-order valence-corrected chi connectivity index (χ0v) is 9.50. The van der Waals surface area contributed by atoms with Crippen LogP contribution in [0.3, 0.4) is 0 Å². The van der Waals surface area contributed by atoms with Gasteiger partial charge in [0, 0.05) is 17.8 Å². The van der Waals surface area contributed by atoms with Crippen molar-refractivity contribution in [2.24, 2.45) is 0 Å². The van der Waals surface area contributed by atoms with Gasteiger partial charge in [-0.25, -0.2) is 0 Å². The Balaban J connectivity index is 2.16. The molecule has 1 heterocycles. The number of pyridine rings is 1. The normalized spacial score (nSPS) is 12.7. The van der Waals surface area contributed by atoms with E-state index in [1.54, 1.807) is 0 Å². The molecular formula is C12H18ClN. The Morgan fingerprint density at radius 3 is 2.64 bits per heavy atom. The second-order valence-electron chi connectivity index (χ2n) is 3.63. The van der Waals surface area contributed by atoms with Crippen molar-refractivity contribution in [2.45, 2.75) is 44.4 Å². The van der Waals surface area contributed by atoms with E-state index >= 15 is 0 Å². The van der Waals surface area contributed by atoms with E-state index < -0.39 is 0 Å². The lowest BCUT2D eigenvalue weighted by Crippen LogP contribution is -1.98. The van der Waals surface area contributed by atoms with Gasteiger partial charge in [0.15, 0.2) is 0 Å². The second kappa shape index (κ2) is 6.83. The molecular weight excluding hydrogens is 194 g/mol. The zero-order chi connectivity index (χ0) is 10.2. The molecule has 0 aliphatic carbocycles. The molecule has 0 bridgehead atoms. The third-order valence-corrected chi connectivity index (χ3v) is 2.77. The highest BCUT2D eigenvalue weighted by molar-refractivity contribution is 6.20. The number of alkyl halides is 1. The molecule has 0 fully saturated rings.